The molecule has 0 unspecified atom stereocenters. The van der Waals surface area contributed by atoms with Crippen LogP contribution in [-0.4, -0.2) is 64.8 Å². The van der Waals surface area contributed by atoms with Crippen molar-refractivity contribution in [1.29, 1.82) is 0 Å². The molecule has 2 heterocycles. The minimum Gasteiger partial charge on any atom is -0.497 e. The molecule has 1 aromatic heterocycles. The van der Waals surface area contributed by atoms with Crippen LogP contribution < -0.4 is 10.1 Å². The maximum absolute atomic E-state index is 13.7. The number of halogens is 3. The molecule has 188 valence electrons. The number of nitrogens with one attached hydrogen (secondary N) is 1. The maximum Gasteiger partial charge on any atom is 0.435 e. The molecule has 1 aliphatic heterocycles. The Hall–Kier alpha value is -3.57. The highest BCUT2D eigenvalue weighted by atomic mass is 19.4. The number of alkyl halides is 3. The maximum atomic E-state index is 13.7. The van der Waals surface area contributed by atoms with Gasteiger partial charge in [0.2, 0.25) is 5.91 Å². The van der Waals surface area contributed by atoms with Crippen LogP contribution in [0.2, 0.25) is 0 Å². The molecule has 12 heteroatoms. The zero-order valence-corrected chi connectivity index (χ0v) is 19.3. The number of aromatic nitrogens is 2. The summed E-state index contributed by atoms with van der Waals surface area (Å²) in [4.78, 5) is 39.1. The fourth-order valence-electron chi connectivity index (χ4n) is 4.10. The van der Waals surface area contributed by atoms with Crippen LogP contribution in [0.1, 0.15) is 47.9 Å². The van der Waals surface area contributed by atoms with Crippen molar-refractivity contribution in [1.82, 2.24) is 20.0 Å². The number of carbonyl (C=O) groups is 3. The normalized spacial score (nSPS) is 16.5. The molecule has 9 nitrogen and oxygen atoms in total. The molecule has 4 rings (SSSR count). The molecule has 0 radical (unpaired) electrons. The molecule has 0 atom stereocenters. The average Bonchev–Trinajstić information content (AvgIpc) is 3.48. The Morgan fingerprint density at radius 3 is 2.46 bits per heavy atom. The SMILES string of the molecule is CCOC(=O)C1(NC(=O)CCN2CCc3c(C(F)(F)F)nn(-c4ccc(OC)cc4)c3C2=O)CC1. The third-order valence-corrected chi connectivity index (χ3v) is 6.09. The molecule has 1 aromatic carbocycles. The van der Waals surface area contributed by atoms with Crippen LogP contribution in [-0.2, 0) is 26.9 Å². The van der Waals surface area contributed by atoms with Crippen LogP contribution in [0.4, 0.5) is 13.2 Å². The van der Waals surface area contributed by atoms with Gasteiger partial charge < -0.3 is 19.7 Å². The first-order chi connectivity index (χ1) is 16.6. The zero-order chi connectivity index (χ0) is 25.4. The van der Waals surface area contributed by atoms with E-state index in [0.29, 0.717) is 18.6 Å². The Balaban J connectivity index is 1.53. The van der Waals surface area contributed by atoms with Gasteiger partial charge in [-0.2, -0.15) is 18.3 Å². The lowest BCUT2D eigenvalue weighted by Crippen LogP contribution is -2.46. The summed E-state index contributed by atoms with van der Waals surface area (Å²) in [6.07, 6.45) is -3.93. The number of hydrogen-bond acceptors (Lipinski definition) is 6. The lowest BCUT2D eigenvalue weighted by atomic mass is 10.0. The number of nitrogens with zero attached hydrogens (tertiary/aromatic N) is 3. The second kappa shape index (κ2) is 9.23. The van der Waals surface area contributed by atoms with E-state index in [9.17, 15) is 27.6 Å². The highest BCUT2D eigenvalue weighted by Gasteiger charge is 2.52. The Morgan fingerprint density at radius 1 is 1.20 bits per heavy atom. The lowest BCUT2D eigenvalue weighted by Gasteiger charge is -2.28. The van der Waals surface area contributed by atoms with Gasteiger partial charge in [-0.3, -0.25) is 9.59 Å². The predicted octanol–water partition coefficient (Wildman–Crippen LogP) is 2.50. The quantitative estimate of drug-likeness (QED) is 0.566. The molecule has 0 saturated heterocycles. The molecule has 0 spiro atoms. The molecule has 1 aliphatic carbocycles. The standard InChI is InChI=1S/C23H25F3N4O5/c1-3-35-21(33)22(10-11-22)27-17(31)9-13-29-12-8-16-18(20(29)32)30(28-19(16)23(24,25)26)14-4-6-15(34-2)7-5-14/h4-7H,3,8-13H2,1-2H3,(H,27,31). The van der Waals surface area contributed by atoms with Gasteiger partial charge in [0.25, 0.3) is 5.91 Å². The number of methoxy groups -OCH3 is 1. The van der Waals surface area contributed by atoms with Crippen LogP contribution in [0, 0.1) is 0 Å². The molecular weight excluding hydrogens is 469 g/mol. The number of esters is 1. The van der Waals surface area contributed by atoms with E-state index in [1.54, 1.807) is 19.1 Å². The third-order valence-electron chi connectivity index (χ3n) is 6.09. The Bertz CT molecular complexity index is 1140. The van der Waals surface area contributed by atoms with E-state index in [2.05, 4.69) is 10.4 Å². The van der Waals surface area contributed by atoms with Crippen LogP contribution in [0.5, 0.6) is 5.75 Å². The Morgan fingerprint density at radius 2 is 1.89 bits per heavy atom. The van der Waals surface area contributed by atoms with Crippen molar-refractivity contribution in [3.63, 3.8) is 0 Å². The van der Waals surface area contributed by atoms with Gasteiger partial charge in [-0.25, -0.2) is 9.48 Å². The van der Waals surface area contributed by atoms with Crippen molar-refractivity contribution in [3.05, 3.63) is 41.2 Å². The summed E-state index contributed by atoms with van der Waals surface area (Å²) in [5, 5.41) is 6.40. The molecule has 0 bridgehead atoms. The van der Waals surface area contributed by atoms with Gasteiger partial charge in [0, 0.05) is 25.1 Å². The summed E-state index contributed by atoms with van der Waals surface area (Å²) in [5.41, 5.74) is -2.19. The minimum absolute atomic E-state index is 0.0134. The number of fused-ring (bicyclic) bond motifs is 1. The van der Waals surface area contributed by atoms with Crippen LogP contribution in [0.3, 0.4) is 0 Å². The fraction of sp³-hybridized carbons (Fsp3) is 0.478. The summed E-state index contributed by atoms with van der Waals surface area (Å²) in [5.74, 6) is -1.07. The van der Waals surface area contributed by atoms with Crippen LogP contribution in [0.25, 0.3) is 5.69 Å². The highest BCUT2D eigenvalue weighted by Crippen LogP contribution is 2.37. The highest BCUT2D eigenvalue weighted by molar-refractivity contribution is 5.96. The smallest absolute Gasteiger partial charge is 0.435 e. The van der Waals surface area contributed by atoms with Crippen molar-refractivity contribution in [2.24, 2.45) is 0 Å². The van der Waals surface area contributed by atoms with Gasteiger partial charge in [0.1, 0.15) is 17.0 Å². The summed E-state index contributed by atoms with van der Waals surface area (Å²) in [7, 11) is 1.46. The van der Waals surface area contributed by atoms with Gasteiger partial charge in [-0.15, -0.1) is 0 Å². The lowest BCUT2D eigenvalue weighted by molar-refractivity contribution is -0.148. The summed E-state index contributed by atoms with van der Waals surface area (Å²) < 4.78 is 52.1. The zero-order valence-electron chi connectivity index (χ0n) is 19.3. The van der Waals surface area contributed by atoms with E-state index in [-0.39, 0.29) is 49.5 Å². The van der Waals surface area contributed by atoms with Crippen molar-refractivity contribution in [3.8, 4) is 11.4 Å². The number of carbonyl (C=O) groups excluding carboxylic acids is 3. The fourth-order valence-corrected chi connectivity index (χ4v) is 4.10. The monoisotopic (exact) mass is 494 g/mol. The van der Waals surface area contributed by atoms with Crippen molar-refractivity contribution in [2.45, 2.75) is 44.3 Å². The summed E-state index contributed by atoms with van der Waals surface area (Å²) in [6, 6.07) is 6.14. The molecule has 35 heavy (non-hydrogen) atoms. The Kier molecular flexibility index (Phi) is 6.48. The second-order valence-corrected chi connectivity index (χ2v) is 8.43. The molecule has 1 saturated carbocycles. The number of hydrogen-bond donors (Lipinski definition) is 1. The van der Waals surface area contributed by atoms with Gasteiger partial charge in [-0.05, 0) is 50.5 Å². The summed E-state index contributed by atoms with van der Waals surface area (Å²) >= 11 is 0. The first-order valence-corrected chi connectivity index (χ1v) is 11.2. The molecule has 2 aromatic rings. The predicted molar refractivity (Wildman–Crippen MR) is 116 cm³/mol. The first-order valence-electron chi connectivity index (χ1n) is 11.2. The number of amides is 2. The minimum atomic E-state index is -4.73. The van der Waals surface area contributed by atoms with E-state index in [4.69, 9.17) is 9.47 Å². The topological polar surface area (TPSA) is 103 Å². The van der Waals surface area contributed by atoms with Crippen LogP contribution in [0.15, 0.2) is 24.3 Å². The van der Waals surface area contributed by atoms with Crippen molar-refractivity contribution in [2.75, 3.05) is 26.8 Å². The van der Waals surface area contributed by atoms with E-state index < -0.39 is 35.2 Å². The number of benzene rings is 1. The van der Waals surface area contributed by atoms with Gasteiger partial charge in [0.15, 0.2) is 5.69 Å². The van der Waals surface area contributed by atoms with E-state index in [0.717, 1.165) is 4.68 Å². The van der Waals surface area contributed by atoms with E-state index in [1.807, 2.05) is 0 Å². The largest absolute Gasteiger partial charge is 0.497 e. The van der Waals surface area contributed by atoms with Crippen LogP contribution >= 0.6 is 0 Å². The van der Waals surface area contributed by atoms with Crippen molar-refractivity contribution >= 4 is 17.8 Å². The van der Waals surface area contributed by atoms with Gasteiger partial charge >= 0.3 is 12.1 Å². The molecule has 2 aliphatic rings. The number of ether oxygens (including phenoxy) is 2. The number of rotatable bonds is 8. The van der Waals surface area contributed by atoms with E-state index in [1.165, 1.54) is 24.1 Å². The summed E-state index contributed by atoms with van der Waals surface area (Å²) in [6.45, 7) is 1.87. The average molecular weight is 494 g/mol. The van der Waals surface area contributed by atoms with Gasteiger partial charge in [0.05, 0.1) is 19.4 Å². The molecular formula is C23H25F3N4O5. The molecule has 2 amide bonds. The Labute approximate surface area is 199 Å². The second-order valence-electron chi connectivity index (χ2n) is 8.43. The van der Waals surface area contributed by atoms with Crippen molar-refractivity contribution < 1.29 is 37.0 Å². The third kappa shape index (κ3) is 4.82. The first kappa shape index (κ1) is 24.6. The molecule has 1 N–H and O–H groups in total. The molecule has 1 fully saturated rings. The van der Waals surface area contributed by atoms with Gasteiger partial charge in [-0.1, -0.05) is 0 Å². The van der Waals surface area contributed by atoms with E-state index >= 15 is 0 Å².